The number of nitrogens with zero attached hydrogens (tertiary/aromatic N) is 7. The summed E-state index contributed by atoms with van der Waals surface area (Å²) in [4.78, 5) is 49.8. The highest BCUT2D eigenvalue weighted by molar-refractivity contribution is 6.99. The van der Waals surface area contributed by atoms with Crippen LogP contribution in [0.3, 0.4) is 0 Å². The van der Waals surface area contributed by atoms with Crippen molar-refractivity contribution < 1.29 is 32.3 Å². The predicted octanol–water partition coefficient (Wildman–Crippen LogP) is 9.59. The second kappa shape index (κ2) is 20.2. The van der Waals surface area contributed by atoms with Crippen LogP contribution in [-0.4, -0.2) is 132 Å². The van der Waals surface area contributed by atoms with Gasteiger partial charge < -0.3 is 23.7 Å². The zero-order valence-electron chi connectivity index (χ0n) is 43.2. The Morgan fingerprint density at radius 1 is 0.905 bits per heavy atom. The number of alkyl halides is 1. The zero-order valence-corrected chi connectivity index (χ0v) is 45.0. The summed E-state index contributed by atoms with van der Waals surface area (Å²) in [7, 11) is -1.15. The van der Waals surface area contributed by atoms with E-state index in [2.05, 4.69) is 71.7 Å². The summed E-state index contributed by atoms with van der Waals surface area (Å²) in [5, 5.41) is 4.28. The molecule has 16 heteroatoms. The van der Waals surface area contributed by atoms with Crippen molar-refractivity contribution in [3.63, 3.8) is 0 Å². The molecule has 4 aromatic carbocycles. The number of rotatable bonds is 10. The molecular formula is C58H64ClF2N7O5Si. The number of pyridine rings is 1. The Hall–Kier alpha value is -6.18. The Morgan fingerprint density at radius 3 is 2.30 bits per heavy atom. The molecule has 0 radical (unpaired) electrons. The van der Waals surface area contributed by atoms with Crippen LogP contribution in [0.4, 0.5) is 19.4 Å². The van der Waals surface area contributed by atoms with Crippen LogP contribution < -0.4 is 20.0 Å². The van der Waals surface area contributed by atoms with Crippen molar-refractivity contribution in [2.75, 3.05) is 51.3 Å². The SMILES string of the molecule is CN(c1nc(OC[C@@]23CCCN2C[C@H](F)C3)nc2c(F)c(-c3cccc4cccc(Cl)c34)ncc12)[C@@H]1CCN(C(=O)C#C[C@@H]2C[C@@H](O[Si](c3ccccc3)(c3ccccc3)C(C)(C)C)CN2C(=O)OC(C)(C)C)C1. The van der Waals surface area contributed by atoms with Crippen LogP contribution in [-0.2, 0) is 14.0 Å². The van der Waals surface area contributed by atoms with Gasteiger partial charge in [0.05, 0.1) is 29.6 Å². The maximum Gasteiger partial charge on any atom is 0.411 e. The number of aromatic nitrogens is 3. The van der Waals surface area contributed by atoms with Crippen LogP contribution >= 0.6 is 11.6 Å². The molecule has 12 nitrogen and oxygen atoms in total. The molecule has 4 fully saturated rings. The molecule has 0 saturated carbocycles. The highest BCUT2D eigenvalue weighted by atomic mass is 35.5. The number of carbonyl (C=O) groups is 2. The number of ether oxygens (including phenoxy) is 2. The summed E-state index contributed by atoms with van der Waals surface area (Å²) in [6.07, 6.45) is 2.71. The third kappa shape index (κ3) is 9.82. The van der Waals surface area contributed by atoms with E-state index in [0.717, 1.165) is 35.1 Å². The van der Waals surface area contributed by atoms with Gasteiger partial charge in [0.1, 0.15) is 35.4 Å². The van der Waals surface area contributed by atoms with Crippen molar-refractivity contribution in [2.24, 2.45) is 0 Å². The maximum atomic E-state index is 17.2. The normalized spacial score (nSPS) is 22.2. The predicted molar refractivity (Wildman–Crippen MR) is 289 cm³/mol. The number of benzene rings is 4. The first-order chi connectivity index (χ1) is 35.3. The highest BCUT2D eigenvalue weighted by Gasteiger charge is 2.53. The minimum Gasteiger partial charge on any atom is -0.461 e. The van der Waals surface area contributed by atoms with Crippen molar-refractivity contribution >= 4 is 69.8 Å². The van der Waals surface area contributed by atoms with Crippen LogP contribution in [0.2, 0.25) is 10.1 Å². The summed E-state index contributed by atoms with van der Waals surface area (Å²) in [5.41, 5.74) is -0.638. The van der Waals surface area contributed by atoms with Gasteiger partial charge in [-0.2, -0.15) is 9.97 Å². The van der Waals surface area contributed by atoms with E-state index in [1.54, 1.807) is 28.1 Å². The smallest absolute Gasteiger partial charge is 0.411 e. The van der Waals surface area contributed by atoms with Crippen LogP contribution in [0.1, 0.15) is 73.6 Å². The summed E-state index contributed by atoms with van der Waals surface area (Å²) in [5.74, 6) is 5.45. The van der Waals surface area contributed by atoms with Crippen molar-refractivity contribution in [3.8, 4) is 29.1 Å². The van der Waals surface area contributed by atoms with E-state index < -0.39 is 49.7 Å². The first-order valence-corrected chi connectivity index (χ1v) is 28.0. The molecule has 74 heavy (non-hydrogen) atoms. The number of hydrogen-bond acceptors (Lipinski definition) is 10. The largest absolute Gasteiger partial charge is 0.461 e. The van der Waals surface area contributed by atoms with E-state index in [0.29, 0.717) is 66.1 Å². The molecule has 4 aliphatic rings. The summed E-state index contributed by atoms with van der Waals surface area (Å²) in [6, 6.07) is 30.9. The van der Waals surface area contributed by atoms with Gasteiger partial charge in [0.25, 0.3) is 14.2 Å². The lowest BCUT2D eigenvalue weighted by molar-refractivity contribution is -0.124. The number of fused-ring (bicyclic) bond motifs is 3. The van der Waals surface area contributed by atoms with Gasteiger partial charge in [-0.05, 0) is 79.4 Å². The molecule has 2 aromatic heterocycles. The Kier molecular flexibility index (Phi) is 14.0. The minimum absolute atomic E-state index is 0.0154. The Balaban J connectivity index is 0.927. The van der Waals surface area contributed by atoms with Crippen molar-refractivity contribution in [1.29, 1.82) is 0 Å². The molecule has 4 saturated heterocycles. The first-order valence-electron chi connectivity index (χ1n) is 25.7. The molecule has 6 heterocycles. The number of hydrogen-bond donors (Lipinski definition) is 0. The topological polar surface area (TPSA) is 113 Å². The van der Waals surface area contributed by atoms with Gasteiger partial charge >= 0.3 is 12.1 Å². The average molecular weight is 1040 g/mol. The van der Waals surface area contributed by atoms with Crippen LogP contribution in [0.15, 0.2) is 103 Å². The minimum atomic E-state index is -3.01. The highest BCUT2D eigenvalue weighted by Crippen LogP contribution is 2.43. The second-order valence-corrected chi connectivity index (χ2v) is 27.0. The molecule has 0 bridgehead atoms. The van der Waals surface area contributed by atoms with Gasteiger partial charge in [0.2, 0.25) is 0 Å². The Bertz CT molecular complexity index is 3100. The number of anilines is 1. The molecule has 5 atom stereocenters. The van der Waals surface area contributed by atoms with E-state index in [-0.39, 0.29) is 47.4 Å². The van der Waals surface area contributed by atoms with E-state index >= 15 is 4.39 Å². The summed E-state index contributed by atoms with van der Waals surface area (Å²) in [6.45, 7) is 14.4. The lowest BCUT2D eigenvalue weighted by Gasteiger charge is -2.44. The molecular weight excluding hydrogens is 976 g/mol. The summed E-state index contributed by atoms with van der Waals surface area (Å²) >= 11 is 6.72. The fourth-order valence-electron chi connectivity index (χ4n) is 11.8. The van der Waals surface area contributed by atoms with Crippen molar-refractivity contribution in [2.45, 2.75) is 114 Å². The van der Waals surface area contributed by atoms with Crippen molar-refractivity contribution in [3.05, 3.63) is 114 Å². The molecule has 0 unspecified atom stereocenters. The van der Waals surface area contributed by atoms with E-state index in [1.165, 1.54) is 0 Å². The molecule has 2 amide bonds. The van der Waals surface area contributed by atoms with Gasteiger partial charge in [0, 0.05) is 67.7 Å². The number of amides is 2. The van der Waals surface area contributed by atoms with Crippen LogP contribution in [0, 0.1) is 17.7 Å². The maximum absolute atomic E-state index is 17.2. The Morgan fingerprint density at radius 2 is 1.61 bits per heavy atom. The van der Waals surface area contributed by atoms with Crippen LogP contribution in [0.5, 0.6) is 6.01 Å². The second-order valence-electron chi connectivity index (χ2n) is 22.4. The van der Waals surface area contributed by atoms with Gasteiger partial charge in [-0.25, -0.2) is 13.6 Å². The zero-order chi connectivity index (χ0) is 52.2. The average Bonchev–Trinajstić information content (AvgIpc) is 4.18. The monoisotopic (exact) mass is 1040 g/mol. The van der Waals surface area contributed by atoms with Crippen molar-refractivity contribution in [1.82, 2.24) is 29.7 Å². The van der Waals surface area contributed by atoms with E-state index in [4.69, 9.17) is 30.5 Å². The number of carbonyl (C=O) groups excluding carboxylic acids is 2. The fraction of sp³-hybridized carbons (Fsp3) is 0.431. The summed E-state index contributed by atoms with van der Waals surface area (Å²) < 4.78 is 51.9. The number of likely N-dealkylation sites (tertiary alicyclic amines) is 2. The standard InChI is InChI=1S/C58H64ClF2N7O5Si/c1-56(2,3)72-55(70)68-36-42(73-74(57(4,5)6,43-19-10-8-11-20-43)44-21-12-9-13-22-44)31-40(68)25-26-48(69)66-30-27-41(35-66)65(7)53-46-33-62-51(45-23-14-17-38-18-15-24-47(59)49(38)45)50(61)52(46)63-54(64-53)71-37-58-28-16-29-67(58)34-39(60)32-58/h8-15,17-24,33,39-42H,16,27-32,34-37H2,1-7H3/t39-,40-,41-,42-,58+/m1/s1. The Labute approximate surface area is 438 Å². The molecule has 10 rings (SSSR count). The lowest BCUT2D eigenvalue weighted by Crippen LogP contribution is -2.67. The lowest BCUT2D eigenvalue weighted by atomic mass is 9.95. The molecule has 0 aliphatic carbocycles. The molecule has 0 N–H and O–H groups in total. The van der Waals surface area contributed by atoms with Gasteiger partial charge in [-0.1, -0.05) is 129 Å². The van der Waals surface area contributed by atoms with Crippen LogP contribution in [0.25, 0.3) is 32.9 Å². The number of halogens is 3. The number of likely N-dealkylation sites (N-methyl/N-ethyl adjacent to an activating group) is 1. The quantitative estimate of drug-likeness (QED) is 0.0972. The van der Waals surface area contributed by atoms with Gasteiger partial charge in [-0.15, -0.1) is 0 Å². The molecule has 6 aromatic rings. The van der Waals surface area contributed by atoms with Gasteiger partial charge in [-0.3, -0.25) is 19.6 Å². The fourth-order valence-corrected chi connectivity index (χ4v) is 16.8. The molecule has 4 aliphatic heterocycles. The third-order valence-electron chi connectivity index (χ3n) is 15.3. The van der Waals surface area contributed by atoms with E-state index in [9.17, 15) is 14.0 Å². The first kappa shape index (κ1) is 51.3. The third-order valence-corrected chi connectivity index (χ3v) is 20.7. The molecule has 386 valence electrons. The molecule has 0 spiro atoms. The van der Waals surface area contributed by atoms with Gasteiger partial charge in [0.15, 0.2) is 5.82 Å². The van der Waals surface area contributed by atoms with E-state index in [1.807, 2.05) is 93.4 Å².